The number of H-pyrrole nitrogens is 1. The van der Waals surface area contributed by atoms with E-state index in [4.69, 9.17) is 4.98 Å². The smallest absolute Gasteiger partial charge is 0.228 e. The fraction of sp³-hybridized carbons (Fsp3) is 0.526. The minimum atomic E-state index is -0.179. The number of hydrogen-bond acceptors (Lipinski definition) is 3. The Balaban J connectivity index is 1.47. The second-order valence-corrected chi connectivity index (χ2v) is 7.10. The predicted molar refractivity (Wildman–Crippen MR) is 95.0 cm³/mol. The number of fused-ring (bicyclic) bond motifs is 1. The first-order valence-electron chi connectivity index (χ1n) is 9.17. The molecule has 0 aliphatic carbocycles. The summed E-state index contributed by atoms with van der Waals surface area (Å²) in [6.45, 7) is 4.69. The van der Waals surface area contributed by atoms with Gasteiger partial charge in [0.05, 0.1) is 17.0 Å². The van der Waals surface area contributed by atoms with Crippen LogP contribution in [0.4, 0.5) is 0 Å². The Morgan fingerprint density at radius 1 is 1.32 bits per heavy atom. The third-order valence-electron chi connectivity index (χ3n) is 5.47. The first kappa shape index (κ1) is 16.1. The first-order chi connectivity index (χ1) is 12.2. The molecular formula is C19H24N4O2. The first-order valence-corrected chi connectivity index (χ1v) is 9.17. The molecule has 0 radical (unpaired) electrons. The van der Waals surface area contributed by atoms with Gasteiger partial charge in [-0.25, -0.2) is 4.98 Å². The number of aromatic nitrogens is 2. The molecule has 0 unspecified atom stereocenters. The minimum absolute atomic E-state index is 0.103. The molecular weight excluding hydrogens is 316 g/mol. The van der Waals surface area contributed by atoms with Gasteiger partial charge in [0, 0.05) is 38.5 Å². The molecule has 1 aromatic carbocycles. The van der Waals surface area contributed by atoms with E-state index in [0.29, 0.717) is 26.1 Å². The fourth-order valence-electron chi connectivity index (χ4n) is 4.07. The molecule has 2 amide bonds. The van der Waals surface area contributed by atoms with Crippen LogP contribution in [-0.4, -0.2) is 57.8 Å². The van der Waals surface area contributed by atoms with Gasteiger partial charge in [-0.1, -0.05) is 12.1 Å². The molecule has 2 fully saturated rings. The second kappa shape index (κ2) is 6.50. The summed E-state index contributed by atoms with van der Waals surface area (Å²) in [7, 11) is 0. The van der Waals surface area contributed by atoms with Crippen molar-refractivity contribution in [2.24, 2.45) is 5.92 Å². The van der Waals surface area contributed by atoms with Gasteiger partial charge in [-0.3, -0.25) is 9.59 Å². The van der Waals surface area contributed by atoms with Crippen molar-refractivity contribution < 1.29 is 9.59 Å². The summed E-state index contributed by atoms with van der Waals surface area (Å²) in [6.07, 6.45) is 2.37. The summed E-state index contributed by atoms with van der Waals surface area (Å²) in [4.78, 5) is 36.6. The van der Waals surface area contributed by atoms with Gasteiger partial charge in [-0.2, -0.15) is 0 Å². The average Bonchev–Trinajstić information content (AvgIpc) is 3.24. The summed E-state index contributed by atoms with van der Waals surface area (Å²) in [5, 5.41) is 0. The van der Waals surface area contributed by atoms with Gasteiger partial charge < -0.3 is 14.8 Å². The number of nitrogens with zero attached hydrogens (tertiary/aromatic N) is 3. The highest BCUT2D eigenvalue weighted by atomic mass is 16.2. The van der Waals surface area contributed by atoms with Gasteiger partial charge in [-0.15, -0.1) is 0 Å². The largest absolute Gasteiger partial charge is 0.342 e. The molecule has 0 saturated carbocycles. The maximum atomic E-state index is 12.9. The summed E-state index contributed by atoms with van der Waals surface area (Å²) >= 11 is 0. The molecule has 6 nitrogen and oxygen atoms in total. The molecule has 2 atom stereocenters. The van der Waals surface area contributed by atoms with Crippen LogP contribution >= 0.6 is 0 Å². The molecule has 1 aromatic heterocycles. The van der Waals surface area contributed by atoms with E-state index in [2.05, 4.69) is 4.98 Å². The van der Waals surface area contributed by atoms with Crippen LogP contribution in [0.15, 0.2) is 24.3 Å². The number of benzene rings is 1. The molecule has 25 heavy (non-hydrogen) atoms. The normalized spacial score (nSPS) is 24.3. The number of nitrogens with one attached hydrogen (secondary N) is 1. The lowest BCUT2D eigenvalue weighted by atomic mass is 9.95. The third-order valence-corrected chi connectivity index (χ3v) is 5.47. The highest BCUT2D eigenvalue weighted by Gasteiger charge is 2.37. The van der Waals surface area contributed by atoms with Crippen molar-refractivity contribution in [3.63, 3.8) is 0 Å². The molecule has 4 rings (SSSR count). The Kier molecular flexibility index (Phi) is 4.19. The third kappa shape index (κ3) is 3.01. The summed E-state index contributed by atoms with van der Waals surface area (Å²) in [6, 6.07) is 8.02. The molecule has 0 bridgehead atoms. The topological polar surface area (TPSA) is 69.3 Å². The van der Waals surface area contributed by atoms with Crippen molar-refractivity contribution in [2.75, 3.05) is 26.2 Å². The molecule has 2 aliphatic heterocycles. The molecule has 0 spiro atoms. The Morgan fingerprint density at radius 3 is 2.92 bits per heavy atom. The molecule has 1 N–H and O–H groups in total. The maximum Gasteiger partial charge on any atom is 0.228 e. The lowest BCUT2D eigenvalue weighted by Crippen LogP contribution is -2.43. The number of likely N-dealkylation sites (tertiary alicyclic amines) is 2. The lowest BCUT2D eigenvalue weighted by Gasteiger charge is -2.33. The minimum Gasteiger partial charge on any atom is -0.342 e. The number of hydrogen-bond donors (Lipinski definition) is 1. The SMILES string of the molecule is CCN1C[C@@H](C(=O)N2CCC[C@H](c3nc4ccccc4[nH]3)C2)CC1=O. The molecule has 2 aliphatic rings. The van der Waals surface area contributed by atoms with Crippen LogP contribution in [0.5, 0.6) is 0 Å². The Morgan fingerprint density at radius 2 is 2.16 bits per heavy atom. The van der Waals surface area contributed by atoms with Gasteiger partial charge in [0.1, 0.15) is 5.82 Å². The van der Waals surface area contributed by atoms with E-state index in [1.54, 1.807) is 4.90 Å². The van der Waals surface area contributed by atoms with Crippen LogP contribution in [0, 0.1) is 5.92 Å². The molecule has 6 heteroatoms. The van der Waals surface area contributed by atoms with Crippen LogP contribution in [0.25, 0.3) is 11.0 Å². The van der Waals surface area contributed by atoms with Crippen LogP contribution in [0.1, 0.15) is 37.9 Å². The van der Waals surface area contributed by atoms with Gasteiger partial charge in [0.15, 0.2) is 0 Å². The van der Waals surface area contributed by atoms with Gasteiger partial charge in [0.25, 0.3) is 0 Å². The maximum absolute atomic E-state index is 12.9. The van der Waals surface area contributed by atoms with Crippen molar-refractivity contribution in [2.45, 2.75) is 32.1 Å². The number of amides is 2. The Labute approximate surface area is 147 Å². The fourth-order valence-corrected chi connectivity index (χ4v) is 4.07. The molecule has 2 aromatic rings. The molecule has 2 saturated heterocycles. The number of para-hydroxylation sites is 2. The zero-order valence-corrected chi connectivity index (χ0v) is 14.6. The Bertz CT molecular complexity index is 767. The van der Waals surface area contributed by atoms with E-state index in [9.17, 15) is 9.59 Å². The van der Waals surface area contributed by atoms with Crippen LogP contribution in [-0.2, 0) is 9.59 Å². The van der Waals surface area contributed by atoms with Crippen LogP contribution in [0.3, 0.4) is 0 Å². The zero-order chi connectivity index (χ0) is 17.4. The monoisotopic (exact) mass is 340 g/mol. The van der Waals surface area contributed by atoms with E-state index >= 15 is 0 Å². The van der Waals surface area contributed by atoms with Crippen molar-refractivity contribution in [1.82, 2.24) is 19.8 Å². The van der Waals surface area contributed by atoms with Crippen molar-refractivity contribution in [3.8, 4) is 0 Å². The van der Waals surface area contributed by atoms with E-state index in [0.717, 1.165) is 36.2 Å². The van der Waals surface area contributed by atoms with E-state index < -0.39 is 0 Å². The van der Waals surface area contributed by atoms with Gasteiger partial charge >= 0.3 is 0 Å². The summed E-state index contributed by atoms with van der Waals surface area (Å²) in [5.41, 5.74) is 2.02. The highest BCUT2D eigenvalue weighted by molar-refractivity contribution is 5.89. The molecule has 3 heterocycles. The van der Waals surface area contributed by atoms with Crippen molar-refractivity contribution in [3.05, 3.63) is 30.1 Å². The number of imidazole rings is 1. The Hall–Kier alpha value is -2.37. The number of rotatable bonds is 3. The highest BCUT2D eigenvalue weighted by Crippen LogP contribution is 2.29. The summed E-state index contributed by atoms with van der Waals surface area (Å²) in [5.74, 6) is 1.26. The van der Waals surface area contributed by atoms with Crippen LogP contribution < -0.4 is 0 Å². The predicted octanol–water partition coefficient (Wildman–Crippen LogP) is 2.14. The van der Waals surface area contributed by atoms with Crippen molar-refractivity contribution in [1.29, 1.82) is 0 Å². The van der Waals surface area contributed by atoms with E-state index in [-0.39, 0.29) is 23.7 Å². The second-order valence-electron chi connectivity index (χ2n) is 7.10. The van der Waals surface area contributed by atoms with E-state index in [1.807, 2.05) is 36.1 Å². The molecule has 132 valence electrons. The van der Waals surface area contributed by atoms with Crippen molar-refractivity contribution >= 4 is 22.8 Å². The number of carbonyl (C=O) groups is 2. The van der Waals surface area contributed by atoms with Crippen LogP contribution in [0.2, 0.25) is 0 Å². The standard InChI is InChI=1S/C19H24N4O2/c1-2-22-12-14(10-17(22)24)19(25)23-9-5-6-13(11-23)18-20-15-7-3-4-8-16(15)21-18/h3-4,7-8,13-14H,2,5-6,9-12H2,1H3,(H,20,21)/t13-,14-/m0/s1. The number of piperidine rings is 1. The number of carbonyl (C=O) groups excluding carboxylic acids is 2. The summed E-state index contributed by atoms with van der Waals surface area (Å²) < 4.78 is 0. The van der Waals surface area contributed by atoms with Gasteiger partial charge in [-0.05, 0) is 31.9 Å². The lowest BCUT2D eigenvalue weighted by molar-refractivity contribution is -0.137. The quantitative estimate of drug-likeness (QED) is 0.931. The van der Waals surface area contributed by atoms with Gasteiger partial charge in [0.2, 0.25) is 11.8 Å². The zero-order valence-electron chi connectivity index (χ0n) is 14.6. The number of aromatic amines is 1. The van der Waals surface area contributed by atoms with E-state index in [1.165, 1.54) is 0 Å². The average molecular weight is 340 g/mol.